The average molecular weight is 451 g/mol. The van der Waals surface area contributed by atoms with Crippen LogP contribution in [-0.2, 0) is 0 Å². The molecular weight excluding hydrogens is 426 g/mol. The Kier molecular flexibility index (Phi) is 3.92. The fourth-order valence-corrected chi connectivity index (χ4v) is 4.82. The summed E-state index contributed by atoms with van der Waals surface area (Å²) >= 11 is 0. The van der Waals surface area contributed by atoms with Crippen molar-refractivity contribution in [3.8, 4) is 17.6 Å². The predicted octanol–water partition coefficient (Wildman–Crippen LogP) is 3.86. The highest BCUT2D eigenvalue weighted by Gasteiger charge is 2.45. The van der Waals surface area contributed by atoms with E-state index in [4.69, 9.17) is 8.85 Å². The van der Waals surface area contributed by atoms with Gasteiger partial charge in [0.15, 0.2) is 0 Å². The molecule has 0 unspecified atom stereocenters. The maximum Gasteiger partial charge on any atom is 0.387 e. The van der Waals surface area contributed by atoms with Crippen molar-refractivity contribution < 1.29 is 22.4 Å². The Morgan fingerprint density at radius 2 is 2.18 bits per heavy atom. The van der Waals surface area contributed by atoms with Crippen LogP contribution in [0.3, 0.4) is 0 Å². The van der Waals surface area contributed by atoms with E-state index in [-0.39, 0.29) is 23.3 Å². The molecule has 1 saturated carbocycles. The first-order chi connectivity index (χ1) is 17.2. The lowest BCUT2D eigenvalue weighted by Crippen LogP contribution is -2.30. The molecule has 0 radical (unpaired) electrons. The van der Waals surface area contributed by atoms with Gasteiger partial charge in [-0.15, -0.1) is 0 Å². The van der Waals surface area contributed by atoms with Crippen molar-refractivity contribution in [3.63, 3.8) is 0 Å². The fourth-order valence-electron chi connectivity index (χ4n) is 4.82. The molecule has 1 fully saturated rings. The highest BCUT2D eigenvalue weighted by molar-refractivity contribution is 5.97. The van der Waals surface area contributed by atoms with E-state index in [1.54, 1.807) is 6.07 Å². The number of ether oxygens (including phenoxy) is 1. The van der Waals surface area contributed by atoms with E-state index in [0.29, 0.717) is 29.4 Å². The topological polar surface area (TPSA) is 59.4 Å². The molecule has 2 aliphatic heterocycles. The lowest BCUT2D eigenvalue weighted by Gasteiger charge is -2.24. The van der Waals surface area contributed by atoms with E-state index >= 15 is 0 Å². The van der Waals surface area contributed by atoms with Crippen molar-refractivity contribution in [2.45, 2.75) is 44.0 Å². The minimum atomic E-state index is -3.10. The molecule has 1 N–H and O–H groups in total. The first-order valence-electron chi connectivity index (χ1n) is 12.4. The number of amides is 1. The zero-order valence-corrected chi connectivity index (χ0v) is 17.5. The minimum absolute atomic E-state index is 0.0337. The highest BCUT2D eigenvalue weighted by atomic mass is 19.3. The molecule has 33 heavy (non-hydrogen) atoms. The third-order valence-electron chi connectivity index (χ3n) is 6.44. The number of hydrogen-bond acceptors (Lipinski definition) is 4. The molecule has 8 heteroatoms. The smallest absolute Gasteiger partial charge is 0.387 e. The third kappa shape index (κ3) is 3.35. The summed E-state index contributed by atoms with van der Waals surface area (Å²) in [6.07, 6.45) is 2.53. The molecule has 168 valence electrons. The van der Waals surface area contributed by atoms with Gasteiger partial charge in [-0.2, -0.15) is 8.78 Å². The second-order valence-corrected chi connectivity index (χ2v) is 8.54. The number of rotatable bonds is 4. The summed E-state index contributed by atoms with van der Waals surface area (Å²) in [5.41, 5.74) is 2.32. The fraction of sp³-hybridized carbons (Fsp3) is 0.360. The maximum absolute atomic E-state index is 13.5. The van der Waals surface area contributed by atoms with Crippen molar-refractivity contribution in [2.75, 3.05) is 13.5 Å². The van der Waals surface area contributed by atoms with Gasteiger partial charge in [-0.25, -0.2) is 4.98 Å². The summed E-state index contributed by atoms with van der Waals surface area (Å²) in [5.74, 6) is 5.74. The Morgan fingerprint density at radius 1 is 1.30 bits per heavy atom. The van der Waals surface area contributed by atoms with E-state index in [1.165, 1.54) is 31.0 Å². The quantitative estimate of drug-likeness (QED) is 0.612. The van der Waals surface area contributed by atoms with Crippen LogP contribution in [0.2, 0.25) is 0 Å². The van der Waals surface area contributed by atoms with Crippen LogP contribution >= 0.6 is 0 Å². The van der Waals surface area contributed by atoms with Crippen molar-refractivity contribution in [2.24, 2.45) is 0 Å². The van der Waals surface area contributed by atoms with Crippen LogP contribution < -0.4 is 10.1 Å². The van der Waals surface area contributed by atoms with Crippen LogP contribution in [0.25, 0.3) is 11.0 Å². The second-order valence-electron chi connectivity index (χ2n) is 8.54. The Hall–Kier alpha value is -3.44. The van der Waals surface area contributed by atoms with Crippen LogP contribution in [0.4, 0.5) is 8.78 Å². The molecule has 2 atom stereocenters. The van der Waals surface area contributed by atoms with Gasteiger partial charge in [-0.3, -0.25) is 4.79 Å². The van der Waals surface area contributed by atoms with Gasteiger partial charge in [-0.05, 0) is 43.2 Å². The molecule has 1 aliphatic carbocycles. The van der Waals surface area contributed by atoms with E-state index in [9.17, 15) is 13.6 Å². The lowest BCUT2D eigenvalue weighted by atomic mass is 9.97. The largest absolute Gasteiger partial charge is 0.434 e. The summed E-state index contributed by atoms with van der Waals surface area (Å²) in [7, 11) is 0. The van der Waals surface area contributed by atoms with Gasteiger partial charge in [0.2, 0.25) is 0 Å². The normalized spacial score (nSPS) is 22.7. The van der Waals surface area contributed by atoms with Crippen molar-refractivity contribution in [1.29, 1.82) is 0 Å². The summed E-state index contributed by atoms with van der Waals surface area (Å²) in [4.78, 5) is 19.0. The van der Waals surface area contributed by atoms with Crippen molar-refractivity contribution >= 4 is 16.9 Å². The number of aromatic nitrogens is 2. The molecule has 1 amide bonds. The number of carbonyl (C=O) groups is 1. The number of fused-ring (bicyclic) bond motifs is 9. The summed E-state index contributed by atoms with van der Waals surface area (Å²) in [6, 6.07) is 8.84. The molecular formula is C25H22F2N4O2. The number of nitrogens with one attached hydrogen (secondary N) is 1. The van der Waals surface area contributed by atoms with E-state index in [1.807, 2.05) is 16.7 Å². The Balaban J connectivity index is 1.52. The monoisotopic (exact) mass is 451 g/mol. The number of carbonyl (C=O) groups excluding carboxylic acids is 1. The summed E-state index contributed by atoms with van der Waals surface area (Å²) in [6.45, 7) is -5.28. The van der Waals surface area contributed by atoms with Crippen LogP contribution in [-0.4, -0.2) is 46.5 Å². The van der Waals surface area contributed by atoms with Gasteiger partial charge in [0.25, 0.3) is 5.91 Å². The molecule has 1 aromatic heterocycles. The first kappa shape index (κ1) is 17.1. The van der Waals surface area contributed by atoms with E-state index < -0.39 is 31.6 Å². The zero-order valence-electron chi connectivity index (χ0n) is 20.5. The van der Waals surface area contributed by atoms with Gasteiger partial charge in [0, 0.05) is 40.2 Å². The number of imidazole rings is 1. The van der Waals surface area contributed by atoms with E-state index in [2.05, 4.69) is 22.1 Å². The van der Waals surface area contributed by atoms with Gasteiger partial charge < -0.3 is 19.5 Å². The molecule has 3 aromatic rings. The average Bonchev–Trinajstić information content (AvgIpc) is 3.49. The van der Waals surface area contributed by atoms with Crippen molar-refractivity contribution in [1.82, 2.24) is 19.8 Å². The first-order valence-corrected chi connectivity index (χ1v) is 10.9. The van der Waals surface area contributed by atoms with Crippen LogP contribution in [0, 0.1) is 11.8 Å². The number of hydrogen-bond donors (Lipinski definition) is 1. The van der Waals surface area contributed by atoms with Crippen LogP contribution in [0.1, 0.15) is 62.8 Å². The molecule has 2 bridgehead atoms. The van der Waals surface area contributed by atoms with Crippen molar-refractivity contribution in [3.05, 3.63) is 58.9 Å². The van der Waals surface area contributed by atoms with Gasteiger partial charge in [0.1, 0.15) is 11.6 Å². The highest BCUT2D eigenvalue weighted by Crippen LogP contribution is 2.49. The zero-order chi connectivity index (χ0) is 25.2. The Morgan fingerprint density at radius 3 is 2.97 bits per heavy atom. The predicted molar refractivity (Wildman–Crippen MR) is 118 cm³/mol. The number of nitrogens with zero attached hydrogens (tertiary/aromatic N) is 3. The van der Waals surface area contributed by atoms with E-state index in [0.717, 1.165) is 10.5 Å². The van der Waals surface area contributed by atoms with Crippen LogP contribution in [0.5, 0.6) is 5.75 Å². The molecule has 2 aromatic carbocycles. The Labute approximate surface area is 193 Å². The van der Waals surface area contributed by atoms with Gasteiger partial charge >= 0.3 is 6.61 Å². The maximum atomic E-state index is 13.5. The number of halogens is 2. The minimum Gasteiger partial charge on any atom is -0.434 e. The number of benzene rings is 2. The SMILES string of the molecule is [2H]C([2H])([2H])N1C(=O)c2cccc(OC(F)F)c2[C@H]2C[C@@H]1c1nc3ccc(C#CCNC4CC4)cc3n12. The third-order valence-corrected chi connectivity index (χ3v) is 6.44. The second kappa shape index (κ2) is 7.56. The lowest BCUT2D eigenvalue weighted by molar-refractivity contribution is -0.0507. The molecule has 0 saturated heterocycles. The standard InChI is InChI=1S/C25H22F2N4O2/c1-30-20-13-19(22-16(24(30)32)5-2-6-21(22)33-25(26)27)31-18-12-14(4-3-11-28-15-8-9-15)7-10-17(18)29-23(20)31/h2,5-7,10,12,15,19-20,25,28H,8-9,11,13H2,1H3/t19-,20-/m1/s1/i1D3. The molecule has 6 nitrogen and oxygen atoms in total. The molecule has 6 rings (SSSR count). The number of alkyl halides is 2. The molecule has 3 heterocycles. The van der Waals surface area contributed by atoms with Gasteiger partial charge in [-0.1, -0.05) is 17.9 Å². The van der Waals surface area contributed by atoms with Gasteiger partial charge in [0.05, 0.1) is 29.7 Å². The Bertz CT molecular complexity index is 1440. The summed E-state index contributed by atoms with van der Waals surface area (Å²) < 4.78 is 57.5. The van der Waals surface area contributed by atoms with Crippen LogP contribution in [0.15, 0.2) is 36.4 Å². The molecule has 0 spiro atoms. The molecule has 3 aliphatic rings. The summed E-state index contributed by atoms with van der Waals surface area (Å²) in [5, 5.41) is 3.34.